The van der Waals surface area contributed by atoms with E-state index in [2.05, 4.69) is 5.32 Å². The monoisotopic (exact) mass is 357 g/mol. The van der Waals surface area contributed by atoms with Gasteiger partial charge in [0.15, 0.2) is 0 Å². The topological polar surface area (TPSA) is 113 Å². The lowest BCUT2D eigenvalue weighted by atomic mass is 9.98. The van der Waals surface area contributed by atoms with Crippen LogP contribution in [0, 0.1) is 16.0 Å². The number of carboxylic acids is 1. The highest BCUT2D eigenvalue weighted by atomic mass is 35.5. The molecule has 1 heterocycles. The van der Waals surface area contributed by atoms with Gasteiger partial charge in [-0.1, -0.05) is 12.1 Å². The van der Waals surface area contributed by atoms with Crippen LogP contribution in [0.5, 0.6) is 0 Å². The van der Waals surface area contributed by atoms with Gasteiger partial charge in [0.1, 0.15) is 5.69 Å². The summed E-state index contributed by atoms with van der Waals surface area (Å²) in [4.78, 5) is 35.3. The van der Waals surface area contributed by atoms with Crippen LogP contribution in [0.4, 0.5) is 11.4 Å². The number of nitro benzene ring substituents is 1. The molecule has 1 aromatic carbocycles. The molecule has 1 fully saturated rings. The molecule has 0 radical (unpaired) electrons. The maximum absolute atomic E-state index is 12.0. The van der Waals surface area contributed by atoms with Crippen LogP contribution in [-0.2, 0) is 9.59 Å². The first-order chi connectivity index (χ1) is 11.0. The summed E-state index contributed by atoms with van der Waals surface area (Å²) >= 11 is 0. The van der Waals surface area contributed by atoms with Gasteiger partial charge in [0.25, 0.3) is 5.69 Å². The summed E-state index contributed by atoms with van der Waals surface area (Å²) in [5, 5.41) is 22.5. The molecule has 0 spiro atoms. The number of carbonyl (C=O) groups is 2. The Kier molecular flexibility index (Phi) is 7.60. The van der Waals surface area contributed by atoms with Crippen LogP contribution in [0.25, 0.3) is 0 Å². The number of para-hydroxylation sites is 2. The van der Waals surface area contributed by atoms with Gasteiger partial charge in [0.05, 0.1) is 10.8 Å². The highest BCUT2D eigenvalue weighted by Gasteiger charge is 2.25. The second-order valence-corrected chi connectivity index (χ2v) is 5.55. The number of piperidine rings is 1. The van der Waals surface area contributed by atoms with E-state index in [1.54, 1.807) is 6.07 Å². The van der Waals surface area contributed by atoms with Gasteiger partial charge in [-0.25, -0.2) is 0 Å². The van der Waals surface area contributed by atoms with Crippen LogP contribution < -0.4 is 5.32 Å². The van der Waals surface area contributed by atoms with E-state index in [-0.39, 0.29) is 42.0 Å². The number of hydrogen-bond acceptors (Lipinski definition) is 5. The molecule has 0 aromatic heterocycles. The fourth-order valence-corrected chi connectivity index (χ4v) is 2.67. The molecule has 8 nitrogen and oxygen atoms in total. The number of amides is 1. The Hall–Kier alpha value is -2.19. The van der Waals surface area contributed by atoms with Gasteiger partial charge in [-0.3, -0.25) is 19.7 Å². The Bertz CT molecular complexity index is 611. The zero-order valence-corrected chi connectivity index (χ0v) is 13.8. The van der Waals surface area contributed by atoms with Crippen molar-refractivity contribution in [2.24, 2.45) is 5.92 Å². The van der Waals surface area contributed by atoms with Crippen molar-refractivity contribution >= 4 is 35.7 Å². The Morgan fingerprint density at radius 2 is 2.08 bits per heavy atom. The van der Waals surface area contributed by atoms with Crippen LogP contribution in [-0.4, -0.2) is 46.4 Å². The Labute approximate surface area is 145 Å². The number of anilines is 1. The Morgan fingerprint density at radius 1 is 1.38 bits per heavy atom. The van der Waals surface area contributed by atoms with Gasteiger partial charge in [-0.2, -0.15) is 0 Å². The van der Waals surface area contributed by atoms with Crippen LogP contribution in [0.2, 0.25) is 0 Å². The van der Waals surface area contributed by atoms with Crippen LogP contribution in [0.1, 0.15) is 19.3 Å². The van der Waals surface area contributed by atoms with E-state index >= 15 is 0 Å². The number of carbonyl (C=O) groups excluding carboxylic acids is 1. The number of hydrogen-bond donors (Lipinski definition) is 2. The van der Waals surface area contributed by atoms with Gasteiger partial charge >= 0.3 is 5.97 Å². The highest BCUT2D eigenvalue weighted by Crippen LogP contribution is 2.23. The molecule has 1 aliphatic rings. The predicted octanol–water partition coefficient (Wildman–Crippen LogP) is 2.14. The van der Waals surface area contributed by atoms with Crippen LogP contribution >= 0.6 is 12.4 Å². The molecule has 0 saturated carbocycles. The third kappa shape index (κ3) is 5.47. The lowest BCUT2D eigenvalue weighted by Gasteiger charge is -2.30. The van der Waals surface area contributed by atoms with E-state index in [9.17, 15) is 19.7 Å². The largest absolute Gasteiger partial charge is 0.481 e. The van der Waals surface area contributed by atoms with E-state index in [0.29, 0.717) is 19.5 Å². The molecule has 0 bridgehead atoms. The molecular formula is C15H20ClN3O5. The summed E-state index contributed by atoms with van der Waals surface area (Å²) < 4.78 is 0. The average molecular weight is 358 g/mol. The molecule has 2 rings (SSSR count). The van der Waals surface area contributed by atoms with E-state index in [1.807, 2.05) is 4.90 Å². The van der Waals surface area contributed by atoms with E-state index in [0.717, 1.165) is 13.0 Å². The molecule has 1 aromatic rings. The standard InChI is InChI=1S/C15H19N3O5.ClH/c19-14(16-12-5-1-2-6-13(12)18(22)23)7-9-17-8-3-4-11(10-17)15(20)21;/h1-2,5-6,11H,3-4,7-10H2,(H,16,19)(H,20,21);1H. The molecular weight excluding hydrogens is 338 g/mol. The minimum atomic E-state index is -0.806. The fraction of sp³-hybridized carbons (Fsp3) is 0.467. The number of aliphatic carboxylic acids is 1. The number of likely N-dealkylation sites (tertiary alicyclic amines) is 1. The first kappa shape index (κ1) is 19.9. The zero-order chi connectivity index (χ0) is 16.8. The van der Waals surface area contributed by atoms with Gasteiger partial charge in [0, 0.05) is 25.6 Å². The summed E-state index contributed by atoms with van der Waals surface area (Å²) in [6.45, 7) is 1.65. The number of nitro groups is 1. The average Bonchev–Trinajstić information content (AvgIpc) is 2.53. The van der Waals surface area contributed by atoms with E-state index in [4.69, 9.17) is 5.11 Å². The third-order valence-electron chi connectivity index (χ3n) is 3.88. The predicted molar refractivity (Wildman–Crippen MR) is 90.4 cm³/mol. The number of benzene rings is 1. The normalized spacial score (nSPS) is 17.6. The molecule has 1 atom stereocenters. The molecule has 24 heavy (non-hydrogen) atoms. The minimum absolute atomic E-state index is 0. The molecule has 0 aliphatic carbocycles. The molecule has 132 valence electrons. The highest BCUT2D eigenvalue weighted by molar-refractivity contribution is 5.93. The third-order valence-corrected chi connectivity index (χ3v) is 3.88. The number of halogens is 1. The second kappa shape index (κ2) is 9.19. The van der Waals surface area contributed by atoms with E-state index < -0.39 is 10.9 Å². The van der Waals surface area contributed by atoms with Crippen molar-refractivity contribution in [2.75, 3.05) is 25.0 Å². The van der Waals surface area contributed by atoms with Gasteiger partial charge in [-0.05, 0) is 25.5 Å². The molecule has 1 saturated heterocycles. The quantitative estimate of drug-likeness (QED) is 0.595. The smallest absolute Gasteiger partial charge is 0.307 e. The van der Waals surface area contributed by atoms with Crippen molar-refractivity contribution in [1.82, 2.24) is 4.90 Å². The maximum atomic E-state index is 12.0. The van der Waals surface area contributed by atoms with Crippen molar-refractivity contribution in [3.8, 4) is 0 Å². The van der Waals surface area contributed by atoms with E-state index in [1.165, 1.54) is 18.2 Å². The number of nitrogens with zero attached hydrogens (tertiary/aromatic N) is 2. The molecule has 1 amide bonds. The van der Waals surface area contributed by atoms with Crippen LogP contribution in [0.15, 0.2) is 24.3 Å². The summed E-state index contributed by atoms with van der Waals surface area (Å²) in [5.74, 6) is -1.52. The first-order valence-corrected chi connectivity index (χ1v) is 7.46. The number of rotatable bonds is 6. The van der Waals surface area contributed by atoms with Crippen molar-refractivity contribution in [1.29, 1.82) is 0 Å². The van der Waals surface area contributed by atoms with Crippen molar-refractivity contribution in [2.45, 2.75) is 19.3 Å². The van der Waals surface area contributed by atoms with Crippen molar-refractivity contribution in [3.05, 3.63) is 34.4 Å². The van der Waals surface area contributed by atoms with Gasteiger partial charge in [0.2, 0.25) is 5.91 Å². The molecule has 1 aliphatic heterocycles. The first-order valence-electron chi connectivity index (χ1n) is 7.46. The van der Waals surface area contributed by atoms with Gasteiger partial charge in [-0.15, -0.1) is 12.4 Å². The maximum Gasteiger partial charge on any atom is 0.307 e. The summed E-state index contributed by atoms with van der Waals surface area (Å²) in [7, 11) is 0. The SMILES string of the molecule is Cl.O=C(CCN1CCCC(C(=O)O)C1)Nc1ccccc1[N+](=O)[O-]. The Balaban J connectivity index is 0.00000288. The summed E-state index contributed by atoms with van der Waals surface area (Å²) in [6.07, 6.45) is 1.62. The van der Waals surface area contributed by atoms with Crippen molar-refractivity contribution in [3.63, 3.8) is 0 Å². The molecule has 9 heteroatoms. The zero-order valence-electron chi connectivity index (χ0n) is 13.0. The van der Waals surface area contributed by atoms with Crippen LogP contribution in [0.3, 0.4) is 0 Å². The lowest BCUT2D eigenvalue weighted by molar-refractivity contribution is -0.383. The molecule has 1 unspecified atom stereocenters. The second-order valence-electron chi connectivity index (χ2n) is 5.55. The van der Waals surface area contributed by atoms with Crippen molar-refractivity contribution < 1.29 is 19.6 Å². The molecule has 2 N–H and O–H groups in total. The summed E-state index contributed by atoms with van der Waals surface area (Å²) in [5.41, 5.74) is 0.0225. The number of nitrogens with one attached hydrogen (secondary N) is 1. The fourth-order valence-electron chi connectivity index (χ4n) is 2.67. The lowest BCUT2D eigenvalue weighted by Crippen LogP contribution is -2.40. The Morgan fingerprint density at radius 3 is 2.75 bits per heavy atom. The number of carboxylic acid groups (broad SMARTS) is 1. The minimum Gasteiger partial charge on any atom is -0.481 e. The van der Waals surface area contributed by atoms with Gasteiger partial charge < -0.3 is 15.3 Å². The summed E-state index contributed by atoms with van der Waals surface area (Å²) in [6, 6.07) is 5.97.